The molecule has 3 aromatic rings. The Kier molecular flexibility index (Phi) is 2.85. The summed E-state index contributed by atoms with van der Waals surface area (Å²) in [5, 5.41) is 12.2. The lowest BCUT2D eigenvalue weighted by molar-refractivity contribution is 0.636. The molecule has 0 aliphatic rings. The van der Waals surface area contributed by atoms with Crippen LogP contribution in [0, 0.1) is 0 Å². The lowest BCUT2D eigenvalue weighted by atomic mass is 10.5. The summed E-state index contributed by atoms with van der Waals surface area (Å²) in [6.45, 7) is 1.48. The molecule has 0 aliphatic carbocycles. The monoisotopic (exact) mass is 262 g/mol. The van der Waals surface area contributed by atoms with E-state index in [0.29, 0.717) is 17.5 Å². The summed E-state index contributed by atoms with van der Waals surface area (Å²) in [4.78, 5) is 4.33. The number of fused-ring (bicyclic) bond motifs is 1. The molecule has 18 heavy (non-hydrogen) atoms. The third-order valence-electron chi connectivity index (χ3n) is 2.48. The summed E-state index contributed by atoms with van der Waals surface area (Å²) in [6, 6.07) is 5.51. The number of rotatable bonds is 4. The van der Waals surface area contributed by atoms with Gasteiger partial charge in [0.25, 0.3) is 0 Å². The fraction of sp³-hybridized carbons (Fsp3) is 0.182. The fourth-order valence-electron chi connectivity index (χ4n) is 1.65. The van der Waals surface area contributed by atoms with E-state index in [4.69, 9.17) is 11.6 Å². The summed E-state index contributed by atoms with van der Waals surface area (Å²) >= 11 is 5.88. The Balaban J connectivity index is 1.67. The first-order chi connectivity index (χ1) is 8.81. The molecule has 6 nitrogen and oxygen atoms in total. The molecule has 0 amide bonds. The van der Waals surface area contributed by atoms with Crippen molar-refractivity contribution < 1.29 is 0 Å². The maximum Gasteiger partial charge on any atom is 0.243 e. The van der Waals surface area contributed by atoms with E-state index in [2.05, 4.69) is 20.5 Å². The van der Waals surface area contributed by atoms with Gasteiger partial charge in [0.2, 0.25) is 5.95 Å². The molecule has 3 aromatic heterocycles. The lowest BCUT2D eigenvalue weighted by Crippen LogP contribution is -2.11. The SMILES string of the molecule is Clc1ccc2nc(NCCn3cccn3)nn2c1. The zero-order valence-electron chi connectivity index (χ0n) is 9.49. The van der Waals surface area contributed by atoms with Crippen molar-refractivity contribution in [2.24, 2.45) is 0 Å². The lowest BCUT2D eigenvalue weighted by Gasteiger charge is -2.01. The van der Waals surface area contributed by atoms with Gasteiger partial charge in [0.05, 0.1) is 11.6 Å². The molecule has 0 saturated heterocycles. The zero-order valence-corrected chi connectivity index (χ0v) is 10.2. The first-order valence-corrected chi connectivity index (χ1v) is 5.92. The maximum atomic E-state index is 5.88. The topological polar surface area (TPSA) is 60.0 Å². The van der Waals surface area contributed by atoms with Crippen LogP contribution in [0.4, 0.5) is 5.95 Å². The molecule has 0 radical (unpaired) electrons. The second-order valence-electron chi connectivity index (χ2n) is 3.78. The van der Waals surface area contributed by atoms with Crippen LogP contribution in [0.2, 0.25) is 5.02 Å². The van der Waals surface area contributed by atoms with Crippen molar-refractivity contribution >= 4 is 23.2 Å². The Morgan fingerprint density at radius 3 is 3.11 bits per heavy atom. The molecule has 0 saturated carbocycles. The van der Waals surface area contributed by atoms with Crippen LogP contribution in [0.3, 0.4) is 0 Å². The van der Waals surface area contributed by atoms with Gasteiger partial charge >= 0.3 is 0 Å². The summed E-state index contributed by atoms with van der Waals surface area (Å²) in [6.07, 6.45) is 5.40. The highest BCUT2D eigenvalue weighted by Gasteiger charge is 2.02. The molecule has 0 unspecified atom stereocenters. The average molecular weight is 263 g/mol. The van der Waals surface area contributed by atoms with Gasteiger partial charge in [-0.3, -0.25) is 4.68 Å². The van der Waals surface area contributed by atoms with E-state index in [0.717, 1.165) is 12.2 Å². The Morgan fingerprint density at radius 1 is 1.33 bits per heavy atom. The molecule has 7 heteroatoms. The second-order valence-corrected chi connectivity index (χ2v) is 4.22. The Hall–Kier alpha value is -2.08. The largest absolute Gasteiger partial charge is 0.351 e. The molecule has 0 bridgehead atoms. The number of nitrogens with one attached hydrogen (secondary N) is 1. The quantitative estimate of drug-likeness (QED) is 0.777. The first-order valence-electron chi connectivity index (χ1n) is 5.54. The number of pyridine rings is 1. The van der Waals surface area contributed by atoms with Gasteiger partial charge in [0.1, 0.15) is 0 Å². The van der Waals surface area contributed by atoms with Crippen LogP contribution in [0.15, 0.2) is 36.8 Å². The molecule has 1 N–H and O–H groups in total. The summed E-state index contributed by atoms with van der Waals surface area (Å²) in [5.41, 5.74) is 0.765. The van der Waals surface area contributed by atoms with Gasteiger partial charge in [-0.25, -0.2) is 4.52 Å². The van der Waals surface area contributed by atoms with Crippen molar-refractivity contribution in [1.82, 2.24) is 24.4 Å². The van der Waals surface area contributed by atoms with E-state index < -0.39 is 0 Å². The van der Waals surface area contributed by atoms with Crippen molar-refractivity contribution in [1.29, 1.82) is 0 Å². The Labute approximate surface area is 108 Å². The molecule has 0 aromatic carbocycles. The van der Waals surface area contributed by atoms with Gasteiger partial charge in [-0.05, 0) is 18.2 Å². The molecule has 3 rings (SSSR count). The van der Waals surface area contributed by atoms with Crippen molar-refractivity contribution in [2.45, 2.75) is 6.54 Å². The molecule has 0 fully saturated rings. The van der Waals surface area contributed by atoms with Gasteiger partial charge in [0, 0.05) is 25.1 Å². The van der Waals surface area contributed by atoms with E-state index in [9.17, 15) is 0 Å². The van der Waals surface area contributed by atoms with Crippen LogP contribution < -0.4 is 5.32 Å². The molecule has 92 valence electrons. The highest BCUT2D eigenvalue weighted by Crippen LogP contribution is 2.11. The number of hydrogen-bond donors (Lipinski definition) is 1. The van der Waals surface area contributed by atoms with Gasteiger partial charge in [-0.1, -0.05) is 11.6 Å². The number of halogens is 1. The smallest absolute Gasteiger partial charge is 0.243 e. The molecular weight excluding hydrogens is 252 g/mol. The highest BCUT2D eigenvalue weighted by atomic mass is 35.5. The number of anilines is 1. The van der Waals surface area contributed by atoms with Crippen molar-refractivity contribution in [2.75, 3.05) is 11.9 Å². The number of hydrogen-bond acceptors (Lipinski definition) is 4. The fourth-order valence-corrected chi connectivity index (χ4v) is 1.80. The molecule has 0 spiro atoms. The van der Waals surface area contributed by atoms with E-state index >= 15 is 0 Å². The first kappa shape index (κ1) is 11.0. The van der Waals surface area contributed by atoms with Crippen LogP contribution in [0.25, 0.3) is 5.65 Å². The summed E-state index contributed by atoms with van der Waals surface area (Å²) < 4.78 is 3.50. The van der Waals surface area contributed by atoms with Gasteiger partial charge in [-0.15, -0.1) is 5.10 Å². The zero-order chi connectivity index (χ0) is 12.4. The van der Waals surface area contributed by atoms with E-state index in [1.165, 1.54) is 0 Å². The van der Waals surface area contributed by atoms with Gasteiger partial charge < -0.3 is 5.32 Å². The molecule has 0 atom stereocenters. The van der Waals surface area contributed by atoms with Crippen molar-refractivity contribution in [3.8, 4) is 0 Å². The molecule has 3 heterocycles. The van der Waals surface area contributed by atoms with Crippen LogP contribution in [0.5, 0.6) is 0 Å². The number of aromatic nitrogens is 5. The summed E-state index contributed by atoms with van der Waals surface area (Å²) in [5.74, 6) is 0.587. The predicted octanol–water partition coefficient (Wildman–Crippen LogP) is 1.69. The van der Waals surface area contributed by atoms with E-state index in [-0.39, 0.29) is 0 Å². The van der Waals surface area contributed by atoms with Crippen molar-refractivity contribution in [3.63, 3.8) is 0 Å². The molecular formula is C11H11ClN6. The van der Waals surface area contributed by atoms with Gasteiger partial charge in [-0.2, -0.15) is 10.1 Å². The van der Waals surface area contributed by atoms with Crippen LogP contribution in [0.1, 0.15) is 0 Å². The van der Waals surface area contributed by atoms with Crippen LogP contribution in [-0.4, -0.2) is 30.9 Å². The third kappa shape index (κ3) is 2.28. The van der Waals surface area contributed by atoms with E-state index in [1.807, 2.05) is 23.0 Å². The minimum Gasteiger partial charge on any atom is -0.351 e. The minimum atomic E-state index is 0.587. The Morgan fingerprint density at radius 2 is 2.28 bits per heavy atom. The summed E-state index contributed by atoms with van der Waals surface area (Å²) in [7, 11) is 0. The highest BCUT2D eigenvalue weighted by molar-refractivity contribution is 6.30. The minimum absolute atomic E-state index is 0.587. The molecule has 0 aliphatic heterocycles. The standard InChI is InChI=1S/C11H11ClN6/c12-9-2-3-10-15-11(16-18(10)8-9)13-5-7-17-6-1-4-14-17/h1-4,6,8H,5,7H2,(H,13,16). The van der Waals surface area contributed by atoms with Crippen LogP contribution in [-0.2, 0) is 6.54 Å². The normalized spacial score (nSPS) is 10.9. The Bertz CT molecular complexity index is 645. The van der Waals surface area contributed by atoms with Gasteiger partial charge in [0.15, 0.2) is 5.65 Å². The second kappa shape index (κ2) is 4.66. The average Bonchev–Trinajstić information content (AvgIpc) is 2.97. The van der Waals surface area contributed by atoms with Crippen molar-refractivity contribution in [3.05, 3.63) is 41.8 Å². The predicted molar refractivity (Wildman–Crippen MR) is 68.7 cm³/mol. The third-order valence-corrected chi connectivity index (χ3v) is 2.70. The van der Waals surface area contributed by atoms with Crippen LogP contribution >= 0.6 is 11.6 Å². The van der Waals surface area contributed by atoms with E-state index in [1.54, 1.807) is 23.0 Å². The maximum absolute atomic E-state index is 5.88. The number of nitrogens with zero attached hydrogens (tertiary/aromatic N) is 5.